The predicted octanol–water partition coefficient (Wildman–Crippen LogP) is 3.05. The van der Waals surface area contributed by atoms with Gasteiger partial charge in [0.15, 0.2) is 0 Å². The van der Waals surface area contributed by atoms with Crippen molar-refractivity contribution < 1.29 is 9.47 Å². The van der Waals surface area contributed by atoms with Crippen LogP contribution in [0.4, 0.5) is 0 Å². The predicted molar refractivity (Wildman–Crippen MR) is 66.7 cm³/mol. The minimum Gasteiger partial charge on any atom is -0.490 e. The molecule has 2 aromatic carbocycles. The van der Waals surface area contributed by atoms with Crippen molar-refractivity contribution in [3.05, 3.63) is 59.7 Å². The molecule has 3 rings (SSSR count). The summed E-state index contributed by atoms with van der Waals surface area (Å²) in [6.45, 7) is 1.18. The smallest absolute Gasteiger partial charge is 0.123 e. The van der Waals surface area contributed by atoms with Gasteiger partial charge in [-0.05, 0) is 23.3 Å². The van der Waals surface area contributed by atoms with Gasteiger partial charge in [0.05, 0.1) is 0 Å². The molecular formula is C15H14O2. The van der Waals surface area contributed by atoms with Gasteiger partial charge in [-0.25, -0.2) is 0 Å². The average Bonchev–Trinajstić information content (AvgIpc) is 2.46. The Balaban J connectivity index is 2.04. The quantitative estimate of drug-likeness (QED) is 0.687. The van der Waals surface area contributed by atoms with Gasteiger partial charge in [-0.1, -0.05) is 36.4 Å². The van der Waals surface area contributed by atoms with Crippen LogP contribution in [-0.4, -0.2) is 13.2 Å². The Morgan fingerprint density at radius 1 is 0.647 bits per heavy atom. The minimum absolute atomic E-state index is 0.589. The van der Waals surface area contributed by atoms with Crippen LogP contribution in [0.25, 0.3) is 0 Å². The number of hydrogen-bond donors (Lipinski definition) is 0. The van der Waals surface area contributed by atoms with E-state index in [1.807, 2.05) is 36.4 Å². The molecule has 1 aliphatic rings. The van der Waals surface area contributed by atoms with Gasteiger partial charge in [0.2, 0.25) is 0 Å². The third kappa shape index (κ3) is 2.11. The molecule has 17 heavy (non-hydrogen) atoms. The van der Waals surface area contributed by atoms with Crippen LogP contribution in [0.15, 0.2) is 48.5 Å². The number of fused-ring (bicyclic) bond motifs is 2. The number of benzene rings is 2. The second-order valence-corrected chi connectivity index (χ2v) is 4.09. The molecular weight excluding hydrogens is 212 g/mol. The molecule has 0 unspecified atom stereocenters. The molecule has 0 saturated heterocycles. The molecule has 2 nitrogen and oxygen atoms in total. The van der Waals surface area contributed by atoms with Crippen molar-refractivity contribution in [1.29, 1.82) is 0 Å². The summed E-state index contributed by atoms with van der Waals surface area (Å²) < 4.78 is 11.4. The van der Waals surface area contributed by atoms with Crippen LogP contribution in [0.3, 0.4) is 0 Å². The maximum Gasteiger partial charge on any atom is 0.123 e. The van der Waals surface area contributed by atoms with Gasteiger partial charge in [0.1, 0.15) is 24.7 Å². The van der Waals surface area contributed by atoms with E-state index in [2.05, 4.69) is 12.1 Å². The van der Waals surface area contributed by atoms with Gasteiger partial charge in [-0.2, -0.15) is 0 Å². The normalized spacial score (nSPS) is 14.1. The molecule has 0 aliphatic carbocycles. The lowest BCUT2D eigenvalue weighted by Crippen LogP contribution is -2.08. The molecule has 0 bridgehead atoms. The van der Waals surface area contributed by atoms with Crippen LogP contribution in [0.2, 0.25) is 0 Å². The first kappa shape index (κ1) is 10.2. The summed E-state index contributed by atoms with van der Waals surface area (Å²) in [6.07, 6.45) is 0.854. The number of hydrogen-bond acceptors (Lipinski definition) is 2. The highest BCUT2D eigenvalue weighted by atomic mass is 16.5. The summed E-state index contributed by atoms with van der Waals surface area (Å²) >= 11 is 0. The minimum atomic E-state index is 0.589. The van der Waals surface area contributed by atoms with E-state index in [-0.39, 0.29) is 0 Å². The van der Waals surface area contributed by atoms with E-state index in [9.17, 15) is 0 Å². The van der Waals surface area contributed by atoms with Gasteiger partial charge in [0, 0.05) is 6.42 Å². The zero-order valence-electron chi connectivity index (χ0n) is 9.56. The van der Waals surface area contributed by atoms with Crippen molar-refractivity contribution in [2.75, 3.05) is 13.2 Å². The molecule has 86 valence electrons. The van der Waals surface area contributed by atoms with Crippen molar-refractivity contribution >= 4 is 0 Å². The lowest BCUT2D eigenvalue weighted by molar-refractivity contribution is 0.218. The van der Waals surface area contributed by atoms with Crippen LogP contribution in [0.1, 0.15) is 11.1 Å². The molecule has 0 spiro atoms. The fourth-order valence-corrected chi connectivity index (χ4v) is 2.09. The first-order valence-electron chi connectivity index (χ1n) is 5.85. The second-order valence-electron chi connectivity index (χ2n) is 4.09. The first-order chi connectivity index (χ1) is 8.43. The average molecular weight is 226 g/mol. The van der Waals surface area contributed by atoms with Gasteiger partial charge < -0.3 is 9.47 Å². The number of para-hydroxylation sites is 2. The first-order valence-corrected chi connectivity index (χ1v) is 5.85. The molecule has 1 aliphatic heterocycles. The van der Waals surface area contributed by atoms with Gasteiger partial charge in [-0.15, -0.1) is 0 Å². The summed E-state index contributed by atoms with van der Waals surface area (Å²) in [6, 6.07) is 16.3. The SMILES string of the molecule is c1ccc2c(c1)Cc1ccccc1OCCO2. The van der Waals surface area contributed by atoms with Crippen molar-refractivity contribution in [2.45, 2.75) is 6.42 Å². The largest absolute Gasteiger partial charge is 0.490 e. The number of ether oxygens (including phenoxy) is 2. The molecule has 2 heteroatoms. The van der Waals surface area contributed by atoms with E-state index >= 15 is 0 Å². The van der Waals surface area contributed by atoms with E-state index in [1.54, 1.807) is 0 Å². The van der Waals surface area contributed by atoms with E-state index in [0.717, 1.165) is 17.9 Å². The van der Waals surface area contributed by atoms with Crippen LogP contribution >= 0.6 is 0 Å². The summed E-state index contributed by atoms with van der Waals surface area (Å²) in [5, 5.41) is 0. The fraction of sp³-hybridized carbons (Fsp3) is 0.200. The van der Waals surface area contributed by atoms with Crippen LogP contribution in [0, 0.1) is 0 Å². The molecule has 2 aromatic rings. The fourth-order valence-electron chi connectivity index (χ4n) is 2.09. The third-order valence-corrected chi connectivity index (χ3v) is 2.92. The summed E-state index contributed by atoms with van der Waals surface area (Å²) in [7, 11) is 0. The van der Waals surface area contributed by atoms with Crippen LogP contribution in [-0.2, 0) is 6.42 Å². The monoisotopic (exact) mass is 226 g/mol. The highest BCUT2D eigenvalue weighted by molar-refractivity contribution is 5.42. The zero-order chi connectivity index (χ0) is 11.5. The molecule has 0 aromatic heterocycles. The van der Waals surface area contributed by atoms with E-state index in [0.29, 0.717) is 13.2 Å². The molecule has 0 atom stereocenters. The maximum absolute atomic E-state index is 5.71. The highest BCUT2D eigenvalue weighted by Crippen LogP contribution is 2.27. The zero-order valence-corrected chi connectivity index (χ0v) is 9.56. The van der Waals surface area contributed by atoms with Gasteiger partial charge in [0.25, 0.3) is 0 Å². The third-order valence-electron chi connectivity index (χ3n) is 2.92. The topological polar surface area (TPSA) is 18.5 Å². The summed E-state index contributed by atoms with van der Waals surface area (Å²) in [4.78, 5) is 0. The van der Waals surface area contributed by atoms with E-state index in [4.69, 9.17) is 9.47 Å². The standard InChI is InChI=1S/C15H14O2/c1-3-7-14-12(5-1)11-13-6-2-4-8-15(13)17-10-9-16-14/h1-8H,9-11H2. The van der Waals surface area contributed by atoms with Crippen molar-refractivity contribution in [3.63, 3.8) is 0 Å². The molecule has 1 heterocycles. The van der Waals surface area contributed by atoms with Crippen LogP contribution < -0.4 is 9.47 Å². The molecule has 0 fully saturated rings. The van der Waals surface area contributed by atoms with Gasteiger partial charge >= 0.3 is 0 Å². The Kier molecular flexibility index (Phi) is 2.70. The Labute approximate surface area is 101 Å². The number of rotatable bonds is 0. The lowest BCUT2D eigenvalue weighted by Gasteiger charge is -2.08. The molecule has 0 N–H and O–H groups in total. The van der Waals surface area contributed by atoms with Crippen molar-refractivity contribution in [2.24, 2.45) is 0 Å². The Hall–Kier alpha value is -1.96. The highest BCUT2D eigenvalue weighted by Gasteiger charge is 2.10. The summed E-state index contributed by atoms with van der Waals surface area (Å²) in [5.41, 5.74) is 2.43. The van der Waals surface area contributed by atoms with Crippen molar-refractivity contribution in [1.82, 2.24) is 0 Å². The van der Waals surface area contributed by atoms with E-state index < -0.39 is 0 Å². The Morgan fingerprint density at radius 2 is 1.12 bits per heavy atom. The Morgan fingerprint density at radius 3 is 1.65 bits per heavy atom. The molecule has 0 saturated carbocycles. The maximum atomic E-state index is 5.71. The molecule has 0 amide bonds. The van der Waals surface area contributed by atoms with E-state index in [1.165, 1.54) is 11.1 Å². The summed E-state index contributed by atoms with van der Waals surface area (Å²) in [5.74, 6) is 1.93. The lowest BCUT2D eigenvalue weighted by atomic mass is 10.0. The van der Waals surface area contributed by atoms with Crippen LogP contribution in [0.5, 0.6) is 11.5 Å². The Bertz CT molecular complexity index is 472. The van der Waals surface area contributed by atoms with Crippen molar-refractivity contribution in [3.8, 4) is 11.5 Å². The van der Waals surface area contributed by atoms with Gasteiger partial charge in [-0.3, -0.25) is 0 Å². The second kappa shape index (κ2) is 4.50. The molecule has 0 radical (unpaired) electrons.